The Labute approximate surface area is 303 Å². The van der Waals surface area contributed by atoms with Crippen molar-refractivity contribution in [3.05, 3.63) is 176 Å². The average Bonchev–Trinajstić information content (AvgIpc) is 3.89. The Kier molecular flexibility index (Phi) is 5.77. The molecule has 246 valence electrons. The van der Waals surface area contributed by atoms with Gasteiger partial charge in [-0.05, 0) is 81.2 Å². The Balaban J connectivity index is 1.20. The van der Waals surface area contributed by atoms with E-state index in [4.69, 9.17) is 8.83 Å². The van der Waals surface area contributed by atoms with Gasteiger partial charge in [-0.25, -0.2) is 0 Å². The molecule has 9 aromatic carbocycles. The zero-order valence-electron chi connectivity index (χ0n) is 28.5. The second-order valence-corrected chi connectivity index (χ2v) is 14.0. The molecule has 12 rings (SSSR count). The molecule has 0 saturated carbocycles. The summed E-state index contributed by atoms with van der Waals surface area (Å²) in [6.45, 7) is 0. The molecule has 0 atom stereocenters. The first-order valence-corrected chi connectivity index (χ1v) is 18.1. The van der Waals surface area contributed by atoms with Crippen LogP contribution >= 0.6 is 0 Å². The SMILES string of the molecule is c1ccc(-n2c3ccccc3c3cc(-c4c5ccccc5c(-c5cc6c7ccccc7oc6c6c5oc5ccccc56)c5ccccc45)ccc32)cc1. The number of fused-ring (bicyclic) bond motifs is 12. The Hall–Kier alpha value is -7.10. The summed E-state index contributed by atoms with van der Waals surface area (Å²) in [6, 6.07) is 63.0. The van der Waals surface area contributed by atoms with Crippen LogP contribution in [-0.4, -0.2) is 4.57 Å². The third-order valence-corrected chi connectivity index (χ3v) is 11.2. The van der Waals surface area contributed by atoms with Gasteiger partial charge < -0.3 is 13.4 Å². The first-order chi connectivity index (χ1) is 26.3. The fraction of sp³-hybridized carbons (Fsp3) is 0. The molecule has 3 heteroatoms. The quantitative estimate of drug-likeness (QED) is 0.175. The van der Waals surface area contributed by atoms with Crippen LogP contribution in [0.25, 0.3) is 115 Å². The van der Waals surface area contributed by atoms with Crippen molar-refractivity contribution in [1.82, 2.24) is 4.57 Å². The van der Waals surface area contributed by atoms with Crippen LogP contribution < -0.4 is 0 Å². The van der Waals surface area contributed by atoms with Gasteiger partial charge >= 0.3 is 0 Å². The highest BCUT2D eigenvalue weighted by Crippen LogP contribution is 2.50. The van der Waals surface area contributed by atoms with Crippen LogP contribution in [0.5, 0.6) is 0 Å². The third-order valence-electron chi connectivity index (χ3n) is 11.2. The topological polar surface area (TPSA) is 31.2 Å². The maximum atomic E-state index is 6.82. The van der Waals surface area contributed by atoms with Crippen molar-refractivity contribution in [1.29, 1.82) is 0 Å². The maximum Gasteiger partial charge on any atom is 0.147 e. The lowest BCUT2D eigenvalue weighted by Gasteiger charge is -2.18. The van der Waals surface area contributed by atoms with E-state index >= 15 is 0 Å². The highest BCUT2D eigenvalue weighted by atomic mass is 16.3. The van der Waals surface area contributed by atoms with E-state index in [-0.39, 0.29) is 0 Å². The van der Waals surface area contributed by atoms with Crippen molar-refractivity contribution in [2.75, 3.05) is 0 Å². The van der Waals surface area contributed by atoms with Gasteiger partial charge in [0.25, 0.3) is 0 Å². The molecule has 0 amide bonds. The van der Waals surface area contributed by atoms with Gasteiger partial charge in [0.15, 0.2) is 0 Å². The number of hydrogen-bond acceptors (Lipinski definition) is 2. The van der Waals surface area contributed by atoms with Crippen LogP contribution in [0.3, 0.4) is 0 Å². The standard InChI is InChI=1S/C50H29NO2/c1-2-14-31(15-3-1)51-42-23-11-8-16-32(42)39-28-30(26-27-43(39)51)46-34-18-4-6-20-36(34)47(37-21-7-5-19-35(37)46)41-29-40-33-17-9-12-24-44(33)52-49(40)48-38-22-10-13-25-45(38)53-50(41)48/h1-29H. The predicted molar refractivity (Wildman–Crippen MR) is 221 cm³/mol. The lowest BCUT2D eigenvalue weighted by atomic mass is 9.85. The Morgan fingerprint density at radius 1 is 0.340 bits per heavy atom. The average molecular weight is 676 g/mol. The van der Waals surface area contributed by atoms with Crippen molar-refractivity contribution < 1.29 is 8.83 Å². The minimum atomic E-state index is 0.843. The Morgan fingerprint density at radius 3 is 1.58 bits per heavy atom. The number of hydrogen-bond donors (Lipinski definition) is 0. The molecule has 0 unspecified atom stereocenters. The van der Waals surface area contributed by atoms with E-state index in [9.17, 15) is 0 Å². The molecule has 3 aromatic heterocycles. The van der Waals surface area contributed by atoms with Crippen molar-refractivity contribution in [2.45, 2.75) is 0 Å². The number of furan rings is 2. The molecule has 3 nitrogen and oxygen atoms in total. The molecular formula is C50H29NO2. The molecule has 53 heavy (non-hydrogen) atoms. The number of nitrogens with zero attached hydrogens (tertiary/aromatic N) is 1. The number of rotatable bonds is 3. The van der Waals surface area contributed by atoms with Crippen molar-refractivity contribution in [3.8, 4) is 27.9 Å². The summed E-state index contributed by atoms with van der Waals surface area (Å²) in [5, 5.41) is 11.5. The van der Waals surface area contributed by atoms with Crippen LogP contribution in [0.1, 0.15) is 0 Å². The summed E-state index contributed by atoms with van der Waals surface area (Å²) < 4.78 is 15.8. The van der Waals surface area contributed by atoms with Gasteiger partial charge in [0.05, 0.1) is 16.4 Å². The van der Waals surface area contributed by atoms with Crippen LogP contribution in [0.2, 0.25) is 0 Å². The van der Waals surface area contributed by atoms with Crippen LogP contribution in [0.4, 0.5) is 0 Å². The number of benzene rings is 9. The van der Waals surface area contributed by atoms with Crippen LogP contribution in [0.15, 0.2) is 185 Å². The predicted octanol–water partition coefficient (Wildman–Crippen LogP) is 14.2. The van der Waals surface area contributed by atoms with Gasteiger partial charge in [0, 0.05) is 43.7 Å². The molecule has 0 aliphatic heterocycles. The van der Waals surface area contributed by atoms with E-state index in [0.29, 0.717) is 0 Å². The first kappa shape index (κ1) is 28.6. The van der Waals surface area contributed by atoms with Crippen LogP contribution in [-0.2, 0) is 0 Å². The molecule has 0 fully saturated rings. The highest BCUT2D eigenvalue weighted by Gasteiger charge is 2.24. The zero-order valence-corrected chi connectivity index (χ0v) is 28.5. The molecule has 0 radical (unpaired) electrons. The lowest BCUT2D eigenvalue weighted by molar-refractivity contribution is 0.663. The van der Waals surface area contributed by atoms with Gasteiger partial charge in [-0.2, -0.15) is 0 Å². The number of aromatic nitrogens is 1. The van der Waals surface area contributed by atoms with E-state index in [1.165, 1.54) is 54.5 Å². The molecule has 12 aromatic rings. The smallest absolute Gasteiger partial charge is 0.147 e. The van der Waals surface area contributed by atoms with Gasteiger partial charge in [-0.3, -0.25) is 0 Å². The summed E-state index contributed by atoms with van der Waals surface area (Å²) >= 11 is 0. The second kappa shape index (κ2) is 10.7. The molecule has 0 bridgehead atoms. The molecule has 0 N–H and O–H groups in total. The van der Waals surface area contributed by atoms with Crippen molar-refractivity contribution in [2.24, 2.45) is 0 Å². The van der Waals surface area contributed by atoms with E-state index in [2.05, 4.69) is 168 Å². The van der Waals surface area contributed by atoms with Gasteiger partial charge in [-0.1, -0.05) is 127 Å². The summed E-state index contributed by atoms with van der Waals surface area (Å²) in [4.78, 5) is 0. The molecule has 0 spiro atoms. The fourth-order valence-corrected chi connectivity index (χ4v) is 8.96. The molecule has 0 saturated heterocycles. The minimum Gasteiger partial charge on any atom is -0.455 e. The van der Waals surface area contributed by atoms with E-state index in [1.54, 1.807) is 0 Å². The summed E-state index contributed by atoms with van der Waals surface area (Å²) in [7, 11) is 0. The number of para-hydroxylation sites is 4. The van der Waals surface area contributed by atoms with E-state index < -0.39 is 0 Å². The Bertz CT molecular complexity index is 3390. The third kappa shape index (κ3) is 3.94. The molecule has 0 aliphatic carbocycles. The van der Waals surface area contributed by atoms with Gasteiger partial charge in [0.1, 0.15) is 22.3 Å². The van der Waals surface area contributed by atoms with E-state index in [1.807, 2.05) is 12.1 Å². The monoisotopic (exact) mass is 675 g/mol. The first-order valence-electron chi connectivity index (χ1n) is 18.1. The maximum absolute atomic E-state index is 6.82. The second-order valence-electron chi connectivity index (χ2n) is 14.0. The molecule has 0 aliphatic rings. The summed E-state index contributed by atoms with van der Waals surface area (Å²) in [5.74, 6) is 0. The molecular weight excluding hydrogens is 647 g/mol. The zero-order chi connectivity index (χ0) is 34.6. The highest BCUT2D eigenvalue weighted by molar-refractivity contribution is 6.30. The van der Waals surface area contributed by atoms with Gasteiger partial charge in [-0.15, -0.1) is 0 Å². The van der Waals surface area contributed by atoms with Gasteiger partial charge in [0.2, 0.25) is 0 Å². The normalized spacial score (nSPS) is 12.2. The fourth-order valence-electron chi connectivity index (χ4n) is 8.96. The largest absolute Gasteiger partial charge is 0.455 e. The Morgan fingerprint density at radius 2 is 0.868 bits per heavy atom. The van der Waals surface area contributed by atoms with Crippen molar-refractivity contribution >= 4 is 87.2 Å². The summed E-state index contributed by atoms with van der Waals surface area (Å²) in [5.41, 5.74) is 11.6. The lowest BCUT2D eigenvalue weighted by Crippen LogP contribution is -1.93. The van der Waals surface area contributed by atoms with Crippen LogP contribution in [0, 0.1) is 0 Å². The molecule has 3 heterocycles. The van der Waals surface area contributed by atoms with E-state index in [0.717, 1.165) is 60.7 Å². The van der Waals surface area contributed by atoms with Crippen molar-refractivity contribution in [3.63, 3.8) is 0 Å². The minimum absolute atomic E-state index is 0.843. The summed E-state index contributed by atoms with van der Waals surface area (Å²) in [6.07, 6.45) is 0.